The van der Waals surface area contributed by atoms with Gasteiger partial charge in [0.2, 0.25) is 0 Å². The summed E-state index contributed by atoms with van der Waals surface area (Å²) in [6.07, 6.45) is 11.7. The quantitative estimate of drug-likeness (QED) is 0.121. The number of rotatable bonds is 15. The molecular formula is C39H57N3O2. The number of fused-ring (bicyclic) bond motifs is 1. The van der Waals surface area contributed by atoms with Crippen LogP contribution in [0.2, 0.25) is 0 Å². The molecule has 0 saturated heterocycles. The number of nitrogens with one attached hydrogen (secondary N) is 1. The Hall–Kier alpha value is -3.31. The van der Waals surface area contributed by atoms with Crippen molar-refractivity contribution in [2.75, 3.05) is 37.8 Å². The van der Waals surface area contributed by atoms with Crippen molar-refractivity contribution >= 4 is 17.3 Å². The van der Waals surface area contributed by atoms with Crippen LogP contribution in [0.3, 0.4) is 0 Å². The Morgan fingerprint density at radius 3 is 2.55 bits per heavy atom. The summed E-state index contributed by atoms with van der Waals surface area (Å²) in [5, 5.41) is 3.26. The highest BCUT2D eigenvalue weighted by Gasteiger charge is 2.32. The molecule has 0 amide bonds. The van der Waals surface area contributed by atoms with Crippen LogP contribution < -0.4 is 11.1 Å². The summed E-state index contributed by atoms with van der Waals surface area (Å²) in [7, 11) is 1.90. The molecule has 5 heteroatoms. The van der Waals surface area contributed by atoms with Crippen molar-refractivity contribution in [1.82, 2.24) is 4.90 Å². The van der Waals surface area contributed by atoms with Crippen LogP contribution in [0.15, 0.2) is 66.3 Å². The van der Waals surface area contributed by atoms with Crippen molar-refractivity contribution in [3.63, 3.8) is 0 Å². The molecule has 2 unspecified atom stereocenters. The van der Waals surface area contributed by atoms with E-state index < -0.39 is 0 Å². The number of hydrogen-bond acceptors (Lipinski definition) is 5. The van der Waals surface area contributed by atoms with Crippen molar-refractivity contribution in [3.05, 3.63) is 94.1 Å². The third-order valence-corrected chi connectivity index (χ3v) is 8.70. The van der Waals surface area contributed by atoms with Gasteiger partial charge in [0.05, 0.1) is 24.4 Å². The number of hydrogen-bond donors (Lipinski definition) is 2. The summed E-state index contributed by atoms with van der Waals surface area (Å²) in [6.45, 7) is 21.7. The van der Waals surface area contributed by atoms with E-state index in [4.69, 9.17) is 10.5 Å². The molecule has 0 aromatic heterocycles. The van der Waals surface area contributed by atoms with Gasteiger partial charge >= 0.3 is 5.97 Å². The molecule has 2 aromatic carbocycles. The largest absolute Gasteiger partial charge is 0.466 e. The fourth-order valence-corrected chi connectivity index (χ4v) is 6.70. The molecule has 0 spiro atoms. The van der Waals surface area contributed by atoms with E-state index in [2.05, 4.69) is 94.8 Å². The van der Waals surface area contributed by atoms with E-state index in [1.54, 1.807) is 0 Å². The molecule has 1 aliphatic carbocycles. The van der Waals surface area contributed by atoms with Gasteiger partial charge in [0.1, 0.15) is 0 Å². The monoisotopic (exact) mass is 599 g/mol. The van der Waals surface area contributed by atoms with Gasteiger partial charge in [-0.3, -0.25) is 9.69 Å². The van der Waals surface area contributed by atoms with Crippen molar-refractivity contribution in [1.29, 1.82) is 0 Å². The van der Waals surface area contributed by atoms with E-state index in [9.17, 15) is 4.79 Å². The normalized spacial score (nSPS) is 16.2. The van der Waals surface area contributed by atoms with Gasteiger partial charge in [0.15, 0.2) is 0 Å². The first-order chi connectivity index (χ1) is 21.0. The molecule has 0 radical (unpaired) electrons. The van der Waals surface area contributed by atoms with Gasteiger partial charge < -0.3 is 15.8 Å². The molecule has 0 aliphatic heterocycles. The zero-order valence-electron chi connectivity index (χ0n) is 28.7. The van der Waals surface area contributed by atoms with Crippen LogP contribution in [0.5, 0.6) is 0 Å². The number of nitrogens with two attached hydrogens (primary N) is 1. The minimum atomic E-state index is -0.187. The second-order valence-corrected chi connectivity index (χ2v) is 13.4. The number of esters is 1. The van der Waals surface area contributed by atoms with Crippen LogP contribution in [-0.4, -0.2) is 37.6 Å². The van der Waals surface area contributed by atoms with Gasteiger partial charge in [0.25, 0.3) is 0 Å². The molecule has 240 valence electrons. The van der Waals surface area contributed by atoms with Crippen LogP contribution >= 0.6 is 0 Å². The Morgan fingerprint density at radius 2 is 1.93 bits per heavy atom. The Morgan fingerprint density at radius 1 is 1.18 bits per heavy atom. The summed E-state index contributed by atoms with van der Waals surface area (Å²) < 4.78 is 5.46. The number of allylic oxidation sites excluding steroid dienone is 3. The lowest BCUT2D eigenvalue weighted by molar-refractivity contribution is -0.143. The summed E-state index contributed by atoms with van der Waals surface area (Å²) in [6, 6.07) is 11.4. The Kier molecular flexibility index (Phi) is 12.9. The smallest absolute Gasteiger partial charge is 0.306 e. The van der Waals surface area contributed by atoms with Crippen LogP contribution in [-0.2, 0) is 22.4 Å². The molecule has 2 aromatic rings. The second kappa shape index (κ2) is 16.1. The maximum Gasteiger partial charge on any atom is 0.306 e. The van der Waals surface area contributed by atoms with Gasteiger partial charge in [-0.2, -0.15) is 0 Å². The van der Waals surface area contributed by atoms with Crippen molar-refractivity contribution in [2.24, 2.45) is 5.41 Å². The van der Waals surface area contributed by atoms with E-state index in [1.165, 1.54) is 22.3 Å². The molecule has 44 heavy (non-hydrogen) atoms. The predicted molar refractivity (Wildman–Crippen MR) is 188 cm³/mol. The SMILES string of the molecule is C=C/C=C\C(CN(CC(C)(C)C)C1CCc2ccc(C(CC(=O)OCC)c3cc(N)c(NC)c(CC)c3)cc21)=C(/C)CCC. The van der Waals surface area contributed by atoms with Crippen molar-refractivity contribution in [3.8, 4) is 0 Å². The molecular weight excluding hydrogens is 542 g/mol. The fraction of sp³-hybridized carbons (Fsp3) is 0.513. The minimum absolute atomic E-state index is 0.141. The lowest BCUT2D eigenvalue weighted by atomic mass is 9.85. The predicted octanol–water partition coefficient (Wildman–Crippen LogP) is 9.15. The number of carbonyl (C=O) groups is 1. The van der Waals surface area contributed by atoms with E-state index in [-0.39, 0.29) is 23.7 Å². The first-order valence-electron chi connectivity index (χ1n) is 16.6. The second-order valence-electron chi connectivity index (χ2n) is 13.4. The number of nitrogen functional groups attached to an aromatic ring is 1. The molecule has 5 nitrogen and oxygen atoms in total. The Labute approximate surface area is 267 Å². The molecule has 0 bridgehead atoms. The fourth-order valence-electron chi connectivity index (χ4n) is 6.70. The number of carbonyl (C=O) groups excluding carboxylic acids is 1. The van der Waals surface area contributed by atoms with Crippen molar-refractivity contribution in [2.45, 2.75) is 99.0 Å². The van der Waals surface area contributed by atoms with Gasteiger partial charge in [-0.15, -0.1) is 0 Å². The third kappa shape index (κ3) is 9.11. The van der Waals surface area contributed by atoms with E-state index in [1.807, 2.05) is 26.1 Å². The van der Waals surface area contributed by atoms with E-state index in [0.29, 0.717) is 18.3 Å². The third-order valence-electron chi connectivity index (χ3n) is 8.70. The van der Waals surface area contributed by atoms with Gasteiger partial charge in [-0.05, 0) is 84.4 Å². The standard InChI is InChI=1S/C39H57N3O2/c1-10-14-16-31(27(5)15-11-2)25-42(26-39(6,7)8)36-20-19-29-17-18-30(22-34(29)36)33(24-37(43)44-13-4)32-21-28(12-3)38(41-9)35(40)23-32/h10,14,16-18,21-23,33,36,41H,1,11-13,15,19-20,24-26,40H2,2-9H3/b16-14-,31-27-. The summed E-state index contributed by atoms with van der Waals surface area (Å²) >= 11 is 0. The highest BCUT2D eigenvalue weighted by Crippen LogP contribution is 2.42. The zero-order valence-corrected chi connectivity index (χ0v) is 28.7. The Bertz CT molecular complexity index is 1350. The number of ether oxygens (including phenoxy) is 1. The molecule has 0 heterocycles. The molecule has 3 rings (SSSR count). The maximum atomic E-state index is 13.0. The number of nitrogens with zero attached hydrogens (tertiary/aromatic N) is 1. The molecule has 3 N–H and O–H groups in total. The first-order valence-corrected chi connectivity index (χ1v) is 16.6. The summed E-state index contributed by atoms with van der Waals surface area (Å²) in [4.78, 5) is 15.6. The summed E-state index contributed by atoms with van der Waals surface area (Å²) in [5.41, 5.74) is 17.3. The van der Waals surface area contributed by atoms with E-state index in [0.717, 1.165) is 67.6 Å². The zero-order chi connectivity index (χ0) is 32.4. The molecule has 1 aliphatic rings. The molecule has 2 atom stereocenters. The number of benzene rings is 2. The van der Waals surface area contributed by atoms with Crippen molar-refractivity contribution < 1.29 is 9.53 Å². The van der Waals surface area contributed by atoms with Gasteiger partial charge in [-0.25, -0.2) is 0 Å². The minimum Gasteiger partial charge on any atom is -0.466 e. The highest BCUT2D eigenvalue weighted by atomic mass is 16.5. The van der Waals surface area contributed by atoms with Crippen LogP contribution in [0.25, 0.3) is 0 Å². The van der Waals surface area contributed by atoms with Gasteiger partial charge in [0, 0.05) is 32.1 Å². The Balaban J connectivity index is 2.12. The van der Waals surface area contributed by atoms with Crippen LogP contribution in [0, 0.1) is 5.41 Å². The van der Waals surface area contributed by atoms with Crippen LogP contribution in [0.1, 0.15) is 114 Å². The lowest BCUT2D eigenvalue weighted by Gasteiger charge is -2.36. The highest BCUT2D eigenvalue weighted by molar-refractivity contribution is 5.74. The molecule has 0 saturated carbocycles. The summed E-state index contributed by atoms with van der Waals surface area (Å²) in [5.74, 6) is -0.332. The average Bonchev–Trinajstić information content (AvgIpc) is 3.40. The maximum absolute atomic E-state index is 13.0. The van der Waals surface area contributed by atoms with Crippen LogP contribution in [0.4, 0.5) is 11.4 Å². The first kappa shape index (κ1) is 35.2. The lowest BCUT2D eigenvalue weighted by Crippen LogP contribution is -2.36. The molecule has 0 fully saturated rings. The number of aryl methyl sites for hydroxylation is 2. The number of anilines is 2. The topological polar surface area (TPSA) is 67.6 Å². The average molecular weight is 600 g/mol. The van der Waals surface area contributed by atoms with Gasteiger partial charge in [-0.1, -0.05) is 95.7 Å². The van der Waals surface area contributed by atoms with E-state index >= 15 is 0 Å².